The lowest BCUT2D eigenvalue weighted by atomic mass is 10.1. The molecule has 0 aliphatic carbocycles. The zero-order valence-electron chi connectivity index (χ0n) is 15.0. The number of nitrogens with zero attached hydrogens (tertiary/aromatic N) is 2. The van der Waals surface area contributed by atoms with Crippen molar-refractivity contribution in [2.45, 2.75) is 58.8 Å². The number of rotatable bonds is 9. The van der Waals surface area contributed by atoms with Crippen molar-refractivity contribution in [3.63, 3.8) is 0 Å². The number of hydrogen-bond donors (Lipinski definition) is 2. The molecule has 0 aliphatic rings. The van der Waals surface area contributed by atoms with Crippen molar-refractivity contribution in [1.82, 2.24) is 14.7 Å². The molecular formula is C19H27N3O3. The van der Waals surface area contributed by atoms with Crippen molar-refractivity contribution >= 4 is 11.6 Å². The third-order valence-electron chi connectivity index (χ3n) is 4.32. The van der Waals surface area contributed by atoms with Gasteiger partial charge < -0.3 is 10.4 Å². The summed E-state index contributed by atoms with van der Waals surface area (Å²) in [6.07, 6.45) is 9.59. The minimum Gasteiger partial charge on any atom is -0.493 e. The Balaban J connectivity index is 1.95. The van der Waals surface area contributed by atoms with Gasteiger partial charge in [0.15, 0.2) is 5.56 Å². The predicted molar refractivity (Wildman–Crippen MR) is 98.2 cm³/mol. The molecule has 2 rings (SSSR count). The fourth-order valence-corrected chi connectivity index (χ4v) is 2.86. The van der Waals surface area contributed by atoms with Crippen LogP contribution in [0.25, 0.3) is 5.65 Å². The number of pyridine rings is 1. The highest BCUT2D eigenvalue weighted by Crippen LogP contribution is 2.13. The van der Waals surface area contributed by atoms with Crippen LogP contribution < -0.4 is 10.9 Å². The first-order chi connectivity index (χ1) is 12.1. The van der Waals surface area contributed by atoms with Gasteiger partial charge in [-0.05, 0) is 25.0 Å². The molecule has 25 heavy (non-hydrogen) atoms. The molecule has 2 heterocycles. The topological polar surface area (TPSA) is 83.7 Å². The predicted octanol–water partition coefficient (Wildman–Crippen LogP) is 3.19. The Bertz CT molecular complexity index is 783. The molecule has 6 heteroatoms. The highest BCUT2D eigenvalue weighted by atomic mass is 16.3. The van der Waals surface area contributed by atoms with Crippen LogP contribution in [0.2, 0.25) is 0 Å². The molecule has 0 spiro atoms. The summed E-state index contributed by atoms with van der Waals surface area (Å²) in [6.45, 7) is 4.47. The van der Waals surface area contributed by atoms with Gasteiger partial charge in [0.1, 0.15) is 5.65 Å². The van der Waals surface area contributed by atoms with E-state index in [4.69, 9.17) is 0 Å². The number of fused-ring (bicyclic) bond motifs is 1. The number of aromatic nitrogens is 2. The molecule has 1 amide bonds. The average Bonchev–Trinajstić information content (AvgIpc) is 2.58. The highest BCUT2D eigenvalue weighted by molar-refractivity contribution is 5.96. The second kappa shape index (κ2) is 9.20. The van der Waals surface area contributed by atoms with Crippen LogP contribution in [0.1, 0.15) is 67.8 Å². The van der Waals surface area contributed by atoms with Crippen LogP contribution in [-0.2, 0) is 0 Å². The zero-order valence-corrected chi connectivity index (χ0v) is 15.0. The number of hydrogen-bond acceptors (Lipinski definition) is 4. The molecule has 2 aromatic heterocycles. The molecule has 0 unspecified atom stereocenters. The molecule has 0 atom stereocenters. The Morgan fingerprint density at radius 3 is 2.60 bits per heavy atom. The van der Waals surface area contributed by atoms with Crippen LogP contribution in [0.15, 0.2) is 23.1 Å². The Morgan fingerprint density at radius 2 is 1.88 bits per heavy atom. The van der Waals surface area contributed by atoms with Gasteiger partial charge in [-0.1, -0.05) is 51.5 Å². The first-order valence-electron chi connectivity index (χ1n) is 9.05. The Hall–Kier alpha value is -2.37. The number of unbranched alkanes of at least 4 members (excludes halogenated alkanes) is 6. The van der Waals surface area contributed by atoms with Crippen LogP contribution in [0.5, 0.6) is 5.88 Å². The lowest BCUT2D eigenvalue weighted by Gasteiger charge is -2.09. The van der Waals surface area contributed by atoms with Crippen molar-refractivity contribution in [2.75, 3.05) is 6.54 Å². The maximum Gasteiger partial charge on any atom is 0.274 e. The molecule has 0 radical (unpaired) electrons. The molecule has 0 saturated heterocycles. The van der Waals surface area contributed by atoms with Crippen molar-refractivity contribution < 1.29 is 9.90 Å². The molecule has 2 aromatic rings. The zero-order chi connectivity index (χ0) is 18.2. The van der Waals surface area contributed by atoms with Gasteiger partial charge >= 0.3 is 0 Å². The molecule has 0 aromatic carbocycles. The van der Waals surface area contributed by atoms with E-state index in [-0.39, 0.29) is 5.56 Å². The molecule has 0 bridgehead atoms. The number of aryl methyl sites for hydroxylation is 1. The standard InChI is InChI=1S/C19H27N3O3/c1-3-4-5-6-7-8-9-12-20-17(23)15-18(24)21-16-14(2)11-10-13-22(16)19(15)25/h10-11,13,24H,3-9,12H2,1-2H3,(H,20,23). The molecule has 0 aliphatic heterocycles. The highest BCUT2D eigenvalue weighted by Gasteiger charge is 2.19. The molecule has 0 fully saturated rings. The SMILES string of the molecule is CCCCCCCCCNC(=O)c1c(O)nc2c(C)cccn2c1=O. The quantitative estimate of drug-likeness (QED) is 0.684. The molecular weight excluding hydrogens is 318 g/mol. The Kier molecular flexibility index (Phi) is 6.98. The number of carbonyl (C=O) groups excluding carboxylic acids is 1. The second-order valence-corrected chi connectivity index (χ2v) is 6.38. The molecule has 6 nitrogen and oxygen atoms in total. The fraction of sp³-hybridized carbons (Fsp3) is 0.526. The first-order valence-corrected chi connectivity index (χ1v) is 9.05. The van der Waals surface area contributed by atoms with Crippen LogP contribution in [0, 0.1) is 6.92 Å². The average molecular weight is 345 g/mol. The lowest BCUT2D eigenvalue weighted by Crippen LogP contribution is -2.32. The Labute approximate surface area is 147 Å². The van der Waals surface area contributed by atoms with E-state index >= 15 is 0 Å². The summed E-state index contributed by atoms with van der Waals surface area (Å²) in [4.78, 5) is 28.7. The lowest BCUT2D eigenvalue weighted by molar-refractivity contribution is 0.0947. The largest absolute Gasteiger partial charge is 0.493 e. The number of nitrogens with one attached hydrogen (secondary N) is 1. The maximum absolute atomic E-state index is 12.5. The van der Waals surface area contributed by atoms with Crippen LogP contribution >= 0.6 is 0 Å². The first kappa shape index (κ1) is 19.0. The number of aromatic hydroxyl groups is 1. The van der Waals surface area contributed by atoms with E-state index < -0.39 is 17.3 Å². The van der Waals surface area contributed by atoms with E-state index in [1.165, 1.54) is 30.1 Å². The monoisotopic (exact) mass is 345 g/mol. The molecule has 2 N–H and O–H groups in total. The van der Waals surface area contributed by atoms with Gasteiger partial charge in [-0.15, -0.1) is 0 Å². The van der Waals surface area contributed by atoms with Crippen molar-refractivity contribution in [3.8, 4) is 5.88 Å². The number of carbonyl (C=O) groups is 1. The summed E-state index contributed by atoms with van der Waals surface area (Å²) in [7, 11) is 0. The third kappa shape index (κ3) is 4.81. The summed E-state index contributed by atoms with van der Waals surface area (Å²) in [5, 5.41) is 12.7. The fourth-order valence-electron chi connectivity index (χ4n) is 2.86. The van der Waals surface area contributed by atoms with Gasteiger partial charge in [-0.25, -0.2) is 0 Å². The van der Waals surface area contributed by atoms with Crippen molar-refractivity contribution in [1.29, 1.82) is 0 Å². The van der Waals surface area contributed by atoms with Crippen LogP contribution in [-0.4, -0.2) is 26.9 Å². The van der Waals surface area contributed by atoms with Crippen molar-refractivity contribution in [2.24, 2.45) is 0 Å². The minimum atomic E-state index is -0.572. The van der Waals surface area contributed by atoms with Crippen LogP contribution in [0.4, 0.5) is 0 Å². The van der Waals surface area contributed by atoms with E-state index in [1.54, 1.807) is 25.3 Å². The maximum atomic E-state index is 12.5. The van der Waals surface area contributed by atoms with Crippen LogP contribution in [0.3, 0.4) is 0 Å². The van der Waals surface area contributed by atoms with E-state index in [0.717, 1.165) is 24.8 Å². The number of amides is 1. The summed E-state index contributed by atoms with van der Waals surface area (Å²) >= 11 is 0. The smallest absolute Gasteiger partial charge is 0.274 e. The molecule has 136 valence electrons. The van der Waals surface area contributed by atoms with Gasteiger partial charge in [0.2, 0.25) is 5.88 Å². The van der Waals surface area contributed by atoms with Crippen molar-refractivity contribution in [3.05, 3.63) is 39.8 Å². The summed E-state index contributed by atoms with van der Waals surface area (Å²) < 4.78 is 1.29. The van der Waals surface area contributed by atoms with E-state index in [9.17, 15) is 14.7 Å². The van der Waals surface area contributed by atoms with Gasteiger partial charge in [0.25, 0.3) is 11.5 Å². The second-order valence-electron chi connectivity index (χ2n) is 6.38. The van der Waals surface area contributed by atoms with E-state index in [1.807, 2.05) is 0 Å². The van der Waals surface area contributed by atoms with E-state index in [2.05, 4.69) is 17.2 Å². The van der Waals surface area contributed by atoms with E-state index in [0.29, 0.717) is 12.2 Å². The van der Waals surface area contributed by atoms with Gasteiger partial charge in [-0.2, -0.15) is 4.98 Å². The molecule has 0 saturated carbocycles. The van der Waals surface area contributed by atoms with Gasteiger partial charge in [-0.3, -0.25) is 14.0 Å². The Morgan fingerprint density at radius 1 is 1.20 bits per heavy atom. The minimum absolute atomic E-state index is 0.300. The summed E-state index contributed by atoms with van der Waals surface area (Å²) in [5.41, 5.74) is 0.257. The summed E-state index contributed by atoms with van der Waals surface area (Å²) in [6, 6.07) is 3.50. The summed E-state index contributed by atoms with van der Waals surface area (Å²) in [5.74, 6) is -1.09. The third-order valence-corrected chi connectivity index (χ3v) is 4.32. The van der Waals surface area contributed by atoms with Gasteiger partial charge in [0, 0.05) is 12.7 Å². The van der Waals surface area contributed by atoms with Gasteiger partial charge in [0.05, 0.1) is 0 Å². The normalized spacial score (nSPS) is 11.0.